The molecule has 2 heteroatoms. The maximum atomic E-state index is 2.77. The standard InChI is InChI=1S/C116H44.2C10H15.2Ru/c1-109(2,3)38-34-36-45(37-35-38)110-88-63-57-49-46-47-48-50-52(49)65-75-60(57)67(88)86-87-94(110)82-79-69-62-70-83(82)100-106(87)116(44-32-20-9-21-33-44)101(86)97(75)111(39-22-10-4-11-23-39)89(65)64-53(50)58-55(48)73-72-54(47)56-51(46)59(63)66(90(79)110)78-74(56)96-99(72)115(43-30-18-8-19-31-43)98(73)95-71(58)68-61(64)76-84-80-81(93(70)114(100,42-28-16-7-17-29-42)105(84)108(116)102(76)111)85-77(62)103(112(96,92(69)78)40-24-12-5-13-25-40)107(115)104(85)113(95,91(68)80)41-26-14-6-15-27-41;2*1-6-7(2)9(4)10(5)8(6)3;;/h4-37,88H,1-3H3;2*1-5H3;;/q;2*-1;2*+1/t88-,110?,111?,112?,113+,114+,115+,116-;;;;/m1..../s1. The average molecular weight is 1910 g/mol. The summed E-state index contributed by atoms with van der Waals surface area (Å²) >= 11 is 0. The van der Waals surface area contributed by atoms with Crippen molar-refractivity contribution in [3.8, 4) is 11.1 Å². The fraction of sp³-hybridized carbons (Fsp3) is 0.162. The van der Waals surface area contributed by atoms with Gasteiger partial charge in [-0.1, -0.05) is 296 Å². The van der Waals surface area contributed by atoms with Crippen molar-refractivity contribution in [3.63, 3.8) is 0 Å². The zero-order valence-corrected chi connectivity index (χ0v) is 81.4. The molecule has 0 saturated carbocycles. The van der Waals surface area contributed by atoms with Gasteiger partial charge in [-0.3, -0.25) is 0 Å². The van der Waals surface area contributed by atoms with Crippen LogP contribution in [0.3, 0.4) is 0 Å². The number of hydrogen-bond acceptors (Lipinski definition) is 0. The molecule has 0 bridgehead atoms. The number of hydrogen-bond donors (Lipinski definition) is 0. The first-order valence-corrected chi connectivity index (χ1v) is 50.7. The van der Waals surface area contributed by atoms with Crippen LogP contribution in [0.2, 0.25) is 0 Å². The van der Waals surface area contributed by atoms with Crippen molar-refractivity contribution in [1.82, 2.24) is 0 Å². The zero-order chi connectivity index (χ0) is 87.8. The van der Waals surface area contributed by atoms with Crippen LogP contribution in [0, 0.1) is 79.7 Å². The molecule has 27 aromatic carbocycles. The van der Waals surface area contributed by atoms with Gasteiger partial charge in [0.15, 0.2) is 0 Å². The molecular weight excluding hydrogens is 1840 g/mol. The molecule has 0 heterocycles. The van der Waals surface area contributed by atoms with Gasteiger partial charge in [0.25, 0.3) is 0 Å². The van der Waals surface area contributed by atoms with Gasteiger partial charge in [0.1, 0.15) is 0 Å². The summed E-state index contributed by atoms with van der Waals surface area (Å²) in [7, 11) is 0. The van der Waals surface area contributed by atoms with Crippen LogP contribution < -0.4 is 5.22 Å². The Morgan fingerprint density at radius 2 is 0.486 bits per heavy atom. The molecule has 0 amide bonds. The minimum Gasteiger partial charge on any atom is -0.196 e. The third-order valence-electron chi connectivity index (χ3n) is 44.2. The predicted octanol–water partition coefficient (Wildman–Crippen LogP) is 30.9. The Labute approximate surface area is 815 Å². The van der Waals surface area contributed by atoms with Gasteiger partial charge in [0.2, 0.25) is 0 Å². The Morgan fingerprint density at radius 3 is 0.949 bits per heavy atom. The van der Waals surface area contributed by atoms with E-state index in [0.29, 0.717) is 0 Å². The first-order chi connectivity index (χ1) is 66.5. The van der Waals surface area contributed by atoms with Gasteiger partial charge in [0.05, 0.1) is 37.9 Å². The Balaban J connectivity index is 0.000000311. The van der Waals surface area contributed by atoms with E-state index in [0.717, 1.165) is 0 Å². The van der Waals surface area contributed by atoms with E-state index in [1.807, 2.05) is 0 Å². The molecule has 46 rings (SSSR count). The van der Waals surface area contributed by atoms with Crippen LogP contribution in [-0.2, 0) is 82.3 Å². The minimum absolute atomic E-state index is 0. The van der Waals surface area contributed by atoms with Crippen LogP contribution in [0.4, 0.5) is 0 Å². The molecule has 0 fully saturated rings. The van der Waals surface area contributed by atoms with E-state index < -0.39 is 37.9 Å². The fourth-order valence-electron chi connectivity index (χ4n) is 40.4. The smallest absolute Gasteiger partial charge is 0.196 e. The Morgan fingerprint density at radius 1 is 0.203 bits per heavy atom. The van der Waals surface area contributed by atoms with E-state index in [1.54, 1.807) is 338 Å². The number of rotatable bonds is 7. The van der Waals surface area contributed by atoms with Crippen molar-refractivity contribution in [3.05, 3.63) is 439 Å². The molecule has 0 aromatic heterocycles. The molecule has 19 aliphatic rings. The van der Waals surface area contributed by atoms with Crippen molar-refractivity contribution in [1.29, 1.82) is 0 Å². The van der Waals surface area contributed by atoms with Gasteiger partial charge in [-0.15, -0.1) is 0 Å². The van der Waals surface area contributed by atoms with Gasteiger partial charge in [0, 0.05) is 5.92 Å². The van der Waals surface area contributed by atoms with E-state index in [9.17, 15) is 0 Å². The van der Waals surface area contributed by atoms with Gasteiger partial charge in [-0.25, -0.2) is 0 Å². The van der Waals surface area contributed by atoms with Crippen LogP contribution in [-0.4, -0.2) is 0 Å². The summed E-state index contributed by atoms with van der Waals surface area (Å²) in [5.74, 6) is -0.00843. The van der Waals surface area contributed by atoms with Crippen LogP contribution in [0.25, 0.3) is 205 Å². The van der Waals surface area contributed by atoms with E-state index in [2.05, 4.69) is 296 Å². The summed E-state index contributed by atoms with van der Waals surface area (Å²) < 4.78 is 0. The van der Waals surface area contributed by atoms with Crippen molar-refractivity contribution in [2.45, 2.75) is 139 Å². The topological polar surface area (TPSA) is 0 Å². The van der Waals surface area contributed by atoms with Gasteiger partial charge in [-0.2, -0.15) is 55.6 Å². The zero-order valence-electron chi connectivity index (χ0n) is 77.9. The Kier molecular flexibility index (Phi) is 9.69. The fourth-order valence-corrected chi connectivity index (χ4v) is 40.4. The van der Waals surface area contributed by atoms with Crippen LogP contribution in [0.1, 0.15) is 238 Å². The molecule has 19 aliphatic carbocycles. The van der Waals surface area contributed by atoms with Crippen molar-refractivity contribution in [2.24, 2.45) is 0 Å². The third kappa shape index (κ3) is 5.11. The second-order valence-corrected chi connectivity index (χ2v) is 47.3. The van der Waals surface area contributed by atoms with Crippen molar-refractivity contribution in [2.75, 3.05) is 0 Å². The summed E-state index contributed by atoms with van der Waals surface area (Å²) in [5, 5.41) is 59.7. The summed E-state index contributed by atoms with van der Waals surface area (Å²) in [4.78, 5) is 0. The van der Waals surface area contributed by atoms with Crippen molar-refractivity contribution < 1.29 is 39.0 Å². The van der Waals surface area contributed by atoms with E-state index in [-0.39, 0.29) is 50.3 Å². The summed E-state index contributed by atoms with van der Waals surface area (Å²) in [6.07, 6.45) is 0. The second kappa shape index (κ2) is 19.1. The van der Waals surface area contributed by atoms with Crippen molar-refractivity contribution >= 4 is 194 Å². The molecule has 3 unspecified atom stereocenters. The monoisotopic (exact) mass is 1910 g/mol. The molecule has 634 valence electrons. The molecule has 0 spiro atoms. The molecule has 138 heavy (non-hydrogen) atoms. The van der Waals surface area contributed by atoms with Gasteiger partial charge >= 0.3 is 39.0 Å². The summed E-state index contributed by atoms with van der Waals surface area (Å²) in [6, 6.07) is 86.9. The maximum absolute atomic E-state index is 2.77. The normalized spacial score (nSPS) is 23.9. The Hall–Kier alpha value is -13.6. The first kappa shape index (κ1) is 70.1. The molecular formula is C136H74Ru2. The first-order valence-electron chi connectivity index (χ1n) is 50.7. The second-order valence-electron chi connectivity index (χ2n) is 47.3. The van der Waals surface area contributed by atoms with E-state index >= 15 is 0 Å². The summed E-state index contributed by atoms with van der Waals surface area (Å²) in [6.45, 7) is 29.4. The van der Waals surface area contributed by atoms with Crippen LogP contribution in [0.15, 0.2) is 212 Å². The number of allylic oxidation sites excluding steroid dienone is 2. The largest absolute Gasteiger partial charge is 1.00 e. The summed E-state index contributed by atoms with van der Waals surface area (Å²) in [5.41, 5.74) is 62.7. The average Bonchev–Trinajstić information content (AvgIpc) is 1.37. The number of benzene rings is 22. The van der Waals surface area contributed by atoms with Crippen LogP contribution in [0.5, 0.6) is 0 Å². The SMILES string of the molecule is CC(C)(C)c1ccc(C23c4c5c6c7c8c4c4c2c2c9c%10c4c4c%11c%12c%13c(c84)[C@]7(c4ccccc4)c4c7c8c%14c4c=%13c4c%13c%15c%16c%17c%18c%19c%20c(c9c9c%21c2c2c%22c%23c(c-5c(c5c%23c%23c(c(c%14%13)c%13c%15c%18c%14c%13c%23c%22c%21c%14c%199)C58c5ccccc5)[C@]67c5ccccc5)[C@@H]23)C%10(c2ccccc2)C%11=C(C=%12[C@@]4%16c2ccccc2)[C@]%20%17c2ccccc2)cc1.Cc1c(C)c(C)[c-](C)c1C.Cc1c(C)c(C)[c-](C)c1C.[Ru+].[Ru+]. The Bertz CT molecular complexity index is 11500. The molecule has 0 saturated heterocycles. The minimum atomic E-state index is -0.751. The third-order valence-corrected chi connectivity index (χ3v) is 44.2. The van der Waals surface area contributed by atoms with E-state index in [1.165, 1.54) is 100 Å². The molecule has 2 radical (unpaired) electrons. The maximum Gasteiger partial charge on any atom is 1.00 e. The van der Waals surface area contributed by atoms with Gasteiger partial charge in [-0.05, 0) is 388 Å². The predicted molar refractivity (Wildman–Crippen MR) is 558 cm³/mol. The van der Waals surface area contributed by atoms with Gasteiger partial charge < -0.3 is 0 Å². The molecule has 0 N–H and O–H groups in total. The molecule has 0 nitrogen and oxygen atoms in total. The molecule has 8 atom stereocenters. The molecule has 27 aromatic rings. The van der Waals surface area contributed by atoms with Crippen LogP contribution >= 0.6 is 0 Å². The molecule has 0 aliphatic heterocycles. The quantitative estimate of drug-likeness (QED) is 0.0646. The van der Waals surface area contributed by atoms with E-state index in [4.69, 9.17) is 0 Å².